The van der Waals surface area contributed by atoms with Gasteiger partial charge in [-0.25, -0.2) is 0 Å². The predicted molar refractivity (Wildman–Crippen MR) is 99.8 cm³/mol. The fourth-order valence-electron chi connectivity index (χ4n) is 3.55. The molecule has 0 unspecified atom stereocenters. The Bertz CT molecular complexity index is 923. The molecular weight excluding hydrogens is 280 g/mol. The lowest BCUT2D eigenvalue weighted by molar-refractivity contribution is 0.308. The normalized spacial score (nSPS) is 11.7. The number of unbranched alkanes of at least 4 members (excludes halogenated alkanes) is 3. The molecule has 0 saturated carbocycles. The molecule has 0 amide bonds. The summed E-state index contributed by atoms with van der Waals surface area (Å²) in [5, 5.41) is 7.84. The first-order chi connectivity index (χ1) is 11.4. The Morgan fingerprint density at radius 3 is 2.17 bits per heavy atom. The summed E-state index contributed by atoms with van der Waals surface area (Å²) in [4.78, 5) is 0. The van der Waals surface area contributed by atoms with Gasteiger partial charge in [0.15, 0.2) is 0 Å². The Kier molecular flexibility index (Phi) is 3.78. The van der Waals surface area contributed by atoms with Crippen molar-refractivity contribution in [3.05, 3.63) is 54.6 Å². The van der Waals surface area contributed by atoms with E-state index in [1.807, 2.05) is 0 Å². The Hall–Kier alpha value is -2.28. The van der Waals surface area contributed by atoms with Crippen LogP contribution in [0.3, 0.4) is 0 Å². The molecule has 0 saturated heterocycles. The van der Waals surface area contributed by atoms with Gasteiger partial charge in [-0.15, -0.1) is 0 Å². The molecule has 0 aliphatic rings. The van der Waals surface area contributed by atoms with Crippen molar-refractivity contribution in [3.63, 3.8) is 0 Å². The van der Waals surface area contributed by atoms with Crippen molar-refractivity contribution in [3.8, 4) is 5.75 Å². The molecule has 116 valence electrons. The lowest BCUT2D eigenvalue weighted by atomic mass is 9.94. The first kappa shape index (κ1) is 14.3. The van der Waals surface area contributed by atoms with Crippen LogP contribution in [0.25, 0.3) is 32.3 Å². The number of ether oxygens (including phenoxy) is 1. The van der Waals surface area contributed by atoms with Gasteiger partial charge >= 0.3 is 0 Å². The fourth-order valence-corrected chi connectivity index (χ4v) is 3.55. The van der Waals surface area contributed by atoms with Gasteiger partial charge in [-0.2, -0.15) is 0 Å². The van der Waals surface area contributed by atoms with Crippen LogP contribution in [-0.4, -0.2) is 6.61 Å². The van der Waals surface area contributed by atoms with E-state index in [2.05, 4.69) is 61.5 Å². The predicted octanol–water partition coefficient (Wildman–Crippen LogP) is 6.54. The monoisotopic (exact) mass is 302 g/mol. The van der Waals surface area contributed by atoms with Crippen LogP contribution in [0.1, 0.15) is 32.6 Å². The van der Waals surface area contributed by atoms with Crippen molar-refractivity contribution < 1.29 is 4.74 Å². The number of rotatable bonds is 6. The third-order valence-electron chi connectivity index (χ3n) is 4.74. The maximum absolute atomic E-state index is 6.11. The summed E-state index contributed by atoms with van der Waals surface area (Å²) in [6.07, 6.45) is 4.94. The van der Waals surface area contributed by atoms with Crippen LogP contribution in [0.4, 0.5) is 0 Å². The van der Waals surface area contributed by atoms with Crippen molar-refractivity contribution in [2.45, 2.75) is 32.6 Å². The van der Waals surface area contributed by atoms with E-state index in [0.717, 1.165) is 18.8 Å². The molecule has 4 aromatic carbocycles. The van der Waals surface area contributed by atoms with Crippen molar-refractivity contribution in [1.82, 2.24) is 0 Å². The Morgan fingerprint density at radius 1 is 0.696 bits per heavy atom. The highest BCUT2D eigenvalue weighted by molar-refractivity contribution is 6.24. The molecular formula is C22H22O. The highest BCUT2D eigenvalue weighted by atomic mass is 16.5. The summed E-state index contributed by atoms with van der Waals surface area (Å²) in [5.74, 6) is 1.02. The lowest BCUT2D eigenvalue weighted by Crippen LogP contribution is -1.98. The summed E-state index contributed by atoms with van der Waals surface area (Å²) < 4.78 is 6.11. The molecule has 0 N–H and O–H groups in total. The quantitative estimate of drug-likeness (QED) is 0.290. The Labute approximate surface area is 137 Å². The van der Waals surface area contributed by atoms with Gasteiger partial charge in [0.2, 0.25) is 0 Å². The number of benzene rings is 4. The van der Waals surface area contributed by atoms with Crippen LogP contribution >= 0.6 is 0 Å². The van der Waals surface area contributed by atoms with Crippen molar-refractivity contribution in [2.75, 3.05) is 6.61 Å². The van der Waals surface area contributed by atoms with Gasteiger partial charge in [0.1, 0.15) is 5.75 Å². The Balaban J connectivity index is 1.77. The average Bonchev–Trinajstić information content (AvgIpc) is 2.60. The second kappa shape index (κ2) is 6.08. The van der Waals surface area contributed by atoms with E-state index in [0.29, 0.717) is 0 Å². The highest BCUT2D eigenvalue weighted by Crippen LogP contribution is 2.38. The fraction of sp³-hybridized carbons (Fsp3) is 0.273. The molecule has 0 bridgehead atoms. The minimum atomic E-state index is 0.809. The van der Waals surface area contributed by atoms with Gasteiger partial charge in [0, 0.05) is 10.8 Å². The van der Waals surface area contributed by atoms with Gasteiger partial charge in [-0.3, -0.25) is 0 Å². The van der Waals surface area contributed by atoms with Gasteiger partial charge in [0.25, 0.3) is 0 Å². The smallest absolute Gasteiger partial charge is 0.127 e. The molecule has 0 spiro atoms. The summed E-state index contributed by atoms with van der Waals surface area (Å²) in [6.45, 7) is 3.05. The molecule has 0 aliphatic carbocycles. The third-order valence-corrected chi connectivity index (χ3v) is 4.74. The molecule has 0 atom stereocenters. The molecule has 4 rings (SSSR count). The van der Waals surface area contributed by atoms with Gasteiger partial charge in [-0.05, 0) is 40.1 Å². The van der Waals surface area contributed by atoms with Gasteiger partial charge < -0.3 is 4.74 Å². The zero-order chi connectivity index (χ0) is 15.6. The first-order valence-corrected chi connectivity index (χ1v) is 8.68. The van der Waals surface area contributed by atoms with Crippen LogP contribution in [-0.2, 0) is 0 Å². The molecule has 0 fully saturated rings. The molecule has 0 aromatic heterocycles. The van der Waals surface area contributed by atoms with Crippen LogP contribution in [0.15, 0.2) is 54.6 Å². The standard InChI is InChI=1S/C22H22O/c1-2-3-4-5-15-23-20-14-12-18-10-9-16-7-6-8-17-11-13-19(20)22(18)21(16)17/h6-14H,2-5,15H2,1H3. The summed E-state index contributed by atoms with van der Waals surface area (Å²) in [5.41, 5.74) is 0. The Morgan fingerprint density at radius 2 is 1.39 bits per heavy atom. The molecule has 0 heterocycles. The third kappa shape index (κ3) is 2.50. The molecule has 4 aromatic rings. The average molecular weight is 302 g/mol. The van der Waals surface area contributed by atoms with Crippen LogP contribution in [0.2, 0.25) is 0 Å². The van der Waals surface area contributed by atoms with Crippen LogP contribution in [0.5, 0.6) is 5.75 Å². The summed E-state index contributed by atoms with van der Waals surface area (Å²) >= 11 is 0. The second-order valence-electron chi connectivity index (χ2n) is 6.33. The number of hydrogen-bond donors (Lipinski definition) is 0. The van der Waals surface area contributed by atoms with E-state index < -0.39 is 0 Å². The van der Waals surface area contributed by atoms with Gasteiger partial charge in [0.05, 0.1) is 6.61 Å². The van der Waals surface area contributed by atoms with Crippen molar-refractivity contribution in [2.24, 2.45) is 0 Å². The van der Waals surface area contributed by atoms with E-state index in [1.165, 1.54) is 51.6 Å². The molecule has 0 radical (unpaired) electrons. The number of hydrogen-bond acceptors (Lipinski definition) is 1. The van der Waals surface area contributed by atoms with Crippen LogP contribution < -0.4 is 4.74 Å². The molecule has 1 nitrogen and oxygen atoms in total. The van der Waals surface area contributed by atoms with E-state index in [9.17, 15) is 0 Å². The second-order valence-corrected chi connectivity index (χ2v) is 6.33. The van der Waals surface area contributed by atoms with Crippen molar-refractivity contribution in [1.29, 1.82) is 0 Å². The zero-order valence-electron chi connectivity index (χ0n) is 13.6. The van der Waals surface area contributed by atoms with Crippen molar-refractivity contribution >= 4 is 32.3 Å². The summed E-state index contributed by atoms with van der Waals surface area (Å²) in [7, 11) is 0. The van der Waals surface area contributed by atoms with E-state index in [-0.39, 0.29) is 0 Å². The van der Waals surface area contributed by atoms with Gasteiger partial charge in [-0.1, -0.05) is 68.7 Å². The lowest BCUT2D eigenvalue weighted by Gasteiger charge is -2.14. The minimum absolute atomic E-state index is 0.809. The van der Waals surface area contributed by atoms with E-state index in [1.54, 1.807) is 0 Å². The maximum Gasteiger partial charge on any atom is 0.127 e. The first-order valence-electron chi connectivity index (χ1n) is 8.68. The summed E-state index contributed by atoms with van der Waals surface area (Å²) in [6, 6.07) is 19.7. The topological polar surface area (TPSA) is 9.23 Å². The largest absolute Gasteiger partial charge is 0.493 e. The molecule has 0 aliphatic heterocycles. The highest BCUT2D eigenvalue weighted by Gasteiger charge is 2.11. The molecule has 23 heavy (non-hydrogen) atoms. The minimum Gasteiger partial charge on any atom is -0.493 e. The van der Waals surface area contributed by atoms with E-state index >= 15 is 0 Å². The van der Waals surface area contributed by atoms with E-state index in [4.69, 9.17) is 4.74 Å². The SMILES string of the molecule is CCCCCCOc1ccc2ccc3cccc4ccc1c2c34. The maximum atomic E-state index is 6.11. The van der Waals surface area contributed by atoms with Crippen LogP contribution in [0, 0.1) is 0 Å². The zero-order valence-corrected chi connectivity index (χ0v) is 13.6. The molecule has 1 heteroatoms.